The molecule has 3 aromatic rings. The predicted octanol–water partition coefficient (Wildman–Crippen LogP) is 2.81. The van der Waals surface area contributed by atoms with E-state index in [1.54, 1.807) is 44.6 Å². The van der Waals surface area contributed by atoms with Crippen LogP contribution in [0.2, 0.25) is 0 Å². The van der Waals surface area contributed by atoms with Crippen LogP contribution in [0.4, 0.5) is 0 Å². The molecule has 0 aliphatic heterocycles. The second kappa shape index (κ2) is 7.86. The first-order valence-corrected chi connectivity index (χ1v) is 8.65. The lowest BCUT2D eigenvalue weighted by Crippen LogP contribution is -2.24. The Morgan fingerprint density at radius 1 is 1.04 bits per heavy atom. The Labute approximate surface area is 158 Å². The van der Waals surface area contributed by atoms with Crippen molar-refractivity contribution >= 4 is 11.8 Å². The highest BCUT2D eigenvalue weighted by atomic mass is 16.2. The van der Waals surface area contributed by atoms with Crippen LogP contribution in [0.3, 0.4) is 0 Å². The second-order valence-electron chi connectivity index (χ2n) is 6.51. The van der Waals surface area contributed by atoms with Gasteiger partial charge in [-0.3, -0.25) is 9.59 Å². The Morgan fingerprint density at radius 3 is 2.41 bits per heavy atom. The standard InChI is InChI=1S/C21H22N4O2/c1-15-11-12-23-25(15)19-9-7-17(8-10-19)20(26)22-14-16-5-4-6-18(13-16)21(27)24(2)3/h4-13H,14H2,1-3H3,(H,22,26). The SMILES string of the molecule is Cc1ccnn1-c1ccc(C(=O)NCc2cccc(C(=O)N(C)C)c2)cc1. The summed E-state index contributed by atoms with van der Waals surface area (Å²) in [5, 5.41) is 7.15. The fourth-order valence-corrected chi connectivity index (χ4v) is 2.75. The quantitative estimate of drug-likeness (QED) is 0.759. The molecule has 6 heteroatoms. The van der Waals surface area contributed by atoms with Gasteiger partial charge in [-0.1, -0.05) is 12.1 Å². The Hall–Kier alpha value is -3.41. The van der Waals surface area contributed by atoms with Crippen molar-refractivity contribution in [3.8, 4) is 5.69 Å². The van der Waals surface area contributed by atoms with Crippen LogP contribution in [0.25, 0.3) is 5.69 Å². The first-order chi connectivity index (χ1) is 13.0. The van der Waals surface area contributed by atoms with Gasteiger partial charge in [0.05, 0.1) is 5.69 Å². The molecule has 138 valence electrons. The minimum Gasteiger partial charge on any atom is -0.348 e. The average Bonchev–Trinajstić information content (AvgIpc) is 3.11. The van der Waals surface area contributed by atoms with Crippen LogP contribution in [0.5, 0.6) is 0 Å². The lowest BCUT2D eigenvalue weighted by atomic mass is 10.1. The van der Waals surface area contributed by atoms with E-state index in [9.17, 15) is 9.59 Å². The highest BCUT2D eigenvalue weighted by molar-refractivity contribution is 5.95. The van der Waals surface area contributed by atoms with Crippen molar-refractivity contribution in [2.45, 2.75) is 13.5 Å². The molecule has 6 nitrogen and oxygen atoms in total. The number of nitrogens with zero attached hydrogens (tertiary/aromatic N) is 3. The molecule has 0 atom stereocenters. The van der Waals surface area contributed by atoms with Gasteiger partial charge < -0.3 is 10.2 Å². The van der Waals surface area contributed by atoms with E-state index in [0.29, 0.717) is 17.7 Å². The molecule has 0 spiro atoms. The third-order valence-corrected chi connectivity index (χ3v) is 4.24. The fraction of sp³-hybridized carbons (Fsp3) is 0.190. The first-order valence-electron chi connectivity index (χ1n) is 8.65. The molecule has 2 amide bonds. The summed E-state index contributed by atoms with van der Waals surface area (Å²) < 4.78 is 1.81. The largest absolute Gasteiger partial charge is 0.348 e. The highest BCUT2D eigenvalue weighted by Gasteiger charge is 2.10. The van der Waals surface area contributed by atoms with Crippen molar-refractivity contribution in [3.05, 3.63) is 83.2 Å². The van der Waals surface area contributed by atoms with Crippen molar-refractivity contribution in [2.75, 3.05) is 14.1 Å². The summed E-state index contributed by atoms with van der Waals surface area (Å²) >= 11 is 0. The molecule has 0 aliphatic carbocycles. The van der Waals surface area contributed by atoms with E-state index in [-0.39, 0.29) is 11.8 Å². The van der Waals surface area contributed by atoms with Crippen molar-refractivity contribution in [2.24, 2.45) is 0 Å². The van der Waals surface area contributed by atoms with Gasteiger partial charge >= 0.3 is 0 Å². The van der Waals surface area contributed by atoms with E-state index < -0.39 is 0 Å². The number of benzene rings is 2. The van der Waals surface area contributed by atoms with Crippen molar-refractivity contribution in [1.29, 1.82) is 0 Å². The molecule has 0 bridgehead atoms. The number of amides is 2. The molecule has 2 aromatic carbocycles. The summed E-state index contributed by atoms with van der Waals surface area (Å²) in [5.41, 5.74) is 3.98. The van der Waals surface area contributed by atoms with Gasteiger partial charge in [0.2, 0.25) is 0 Å². The molecule has 0 saturated carbocycles. The van der Waals surface area contributed by atoms with E-state index in [0.717, 1.165) is 16.9 Å². The Morgan fingerprint density at radius 2 is 1.78 bits per heavy atom. The maximum atomic E-state index is 12.4. The summed E-state index contributed by atoms with van der Waals surface area (Å²) in [5.74, 6) is -0.226. The number of aromatic nitrogens is 2. The maximum Gasteiger partial charge on any atom is 0.253 e. The molecule has 1 heterocycles. The van der Waals surface area contributed by atoms with Gasteiger partial charge in [-0.25, -0.2) is 4.68 Å². The zero-order valence-corrected chi connectivity index (χ0v) is 15.6. The number of rotatable bonds is 5. The van der Waals surface area contributed by atoms with E-state index >= 15 is 0 Å². The van der Waals surface area contributed by atoms with Gasteiger partial charge in [-0.05, 0) is 55.0 Å². The normalized spacial score (nSPS) is 10.5. The van der Waals surface area contributed by atoms with Crippen LogP contribution in [0.15, 0.2) is 60.8 Å². The van der Waals surface area contributed by atoms with Crippen LogP contribution in [0.1, 0.15) is 32.0 Å². The zero-order chi connectivity index (χ0) is 19.4. The number of aryl methyl sites for hydroxylation is 1. The Bertz CT molecular complexity index is 958. The third kappa shape index (κ3) is 4.23. The molecule has 0 saturated heterocycles. The number of hydrogen-bond donors (Lipinski definition) is 1. The molecule has 27 heavy (non-hydrogen) atoms. The second-order valence-corrected chi connectivity index (χ2v) is 6.51. The predicted molar refractivity (Wildman–Crippen MR) is 104 cm³/mol. The molecule has 3 rings (SSSR count). The van der Waals surface area contributed by atoms with Crippen molar-refractivity contribution in [1.82, 2.24) is 20.0 Å². The lowest BCUT2D eigenvalue weighted by molar-refractivity contribution is 0.0827. The number of nitrogens with one attached hydrogen (secondary N) is 1. The van der Waals surface area contributed by atoms with E-state index in [4.69, 9.17) is 0 Å². The van der Waals surface area contributed by atoms with Gasteiger partial charge in [-0.15, -0.1) is 0 Å². The molecule has 0 fully saturated rings. The monoisotopic (exact) mass is 362 g/mol. The van der Waals surface area contributed by atoms with Gasteiger partial charge in [0.15, 0.2) is 0 Å². The minimum absolute atomic E-state index is 0.0623. The molecule has 0 unspecified atom stereocenters. The third-order valence-electron chi connectivity index (χ3n) is 4.24. The Kier molecular flexibility index (Phi) is 5.35. The van der Waals surface area contributed by atoms with Crippen LogP contribution < -0.4 is 5.32 Å². The van der Waals surface area contributed by atoms with Gasteiger partial charge in [0.1, 0.15) is 0 Å². The van der Waals surface area contributed by atoms with E-state index in [1.807, 2.05) is 41.9 Å². The molecule has 1 aromatic heterocycles. The summed E-state index contributed by atoms with van der Waals surface area (Å²) in [6.07, 6.45) is 1.74. The first kappa shape index (κ1) is 18.4. The molecular weight excluding hydrogens is 340 g/mol. The maximum absolute atomic E-state index is 12.4. The van der Waals surface area contributed by atoms with Crippen molar-refractivity contribution < 1.29 is 9.59 Å². The fourth-order valence-electron chi connectivity index (χ4n) is 2.75. The average molecular weight is 362 g/mol. The summed E-state index contributed by atoms with van der Waals surface area (Å²) in [7, 11) is 3.43. The van der Waals surface area contributed by atoms with Gasteiger partial charge in [-0.2, -0.15) is 5.10 Å². The van der Waals surface area contributed by atoms with Crippen LogP contribution >= 0.6 is 0 Å². The highest BCUT2D eigenvalue weighted by Crippen LogP contribution is 2.12. The van der Waals surface area contributed by atoms with Gasteiger partial charge in [0.25, 0.3) is 11.8 Å². The van der Waals surface area contributed by atoms with Crippen LogP contribution in [-0.2, 0) is 6.54 Å². The zero-order valence-electron chi connectivity index (χ0n) is 15.6. The number of carbonyl (C=O) groups excluding carboxylic acids is 2. The molecule has 0 aliphatic rings. The van der Waals surface area contributed by atoms with E-state index in [2.05, 4.69) is 10.4 Å². The Balaban J connectivity index is 1.65. The summed E-state index contributed by atoms with van der Waals surface area (Å²) in [6.45, 7) is 2.33. The molecule has 1 N–H and O–H groups in total. The number of hydrogen-bond acceptors (Lipinski definition) is 3. The van der Waals surface area contributed by atoms with Gasteiger partial charge in [0, 0.05) is 43.7 Å². The van der Waals surface area contributed by atoms with Crippen LogP contribution in [0, 0.1) is 6.92 Å². The van der Waals surface area contributed by atoms with Crippen LogP contribution in [-0.4, -0.2) is 40.6 Å². The smallest absolute Gasteiger partial charge is 0.253 e. The summed E-state index contributed by atoms with van der Waals surface area (Å²) in [6, 6.07) is 16.5. The van der Waals surface area contributed by atoms with Crippen molar-refractivity contribution in [3.63, 3.8) is 0 Å². The minimum atomic E-state index is -0.164. The molecular formula is C21H22N4O2. The number of carbonyl (C=O) groups is 2. The topological polar surface area (TPSA) is 67.2 Å². The molecule has 0 radical (unpaired) electrons. The van der Waals surface area contributed by atoms with E-state index in [1.165, 1.54) is 4.90 Å². The summed E-state index contributed by atoms with van der Waals surface area (Å²) in [4.78, 5) is 26.0. The lowest BCUT2D eigenvalue weighted by Gasteiger charge is -2.12.